The standard InChI is InChI=1S/C14H20BrN3O/c1-17-6-7-18(10-12(9-17)14(16)19)8-11-2-4-13(15)5-3-11/h2-5,12H,6-10H2,1H3,(H2,16,19)/t12-/m1/s1. The van der Waals surface area contributed by atoms with Crippen molar-refractivity contribution in [2.75, 3.05) is 33.2 Å². The van der Waals surface area contributed by atoms with Gasteiger partial charge in [0.1, 0.15) is 0 Å². The van der Waals surface area contributed by atoms with E-state index in [1.54, 1.807) is 0 Å². The molecule has 1 amide bonds. The highest BCUT2D eigenvalue weighted by Crippen LogP contribution is 2.15. The molecule has 0 bridgehead atoms. The molecule has 1 atom stereocenters. The van der Waals surface area contributed by atoms with Crippen LogP contribution in [0.15, 0.2) is 28.7 Å². The fraction of sp³-hybridized carbons (Fsp3) is 0.500. The van der Waals surface area contributed by atoms with E-state index in [1.165, 1.54) is 5.56 Å². The van der Waals surface area contributed by atoms with Crippen LogP contribution in [0, 0.1) is 5.92 Å². The summed E-state index contributed by atoms with van der Waals surface area (Å²) in [6.07, 6.45) is 0. The SMILES string of the molecule is CN1CCN(Cc2ccc(Br)cc2)C[C@H](C(N)=O)C1. The quantitative estimate of drug-likeness (QED) is 0.911. The predicted molar refractivity (Wildman–Crippen MR) is 79.6 cm³/mol. The molecule has 1 aliphatic heterocycles. The van der Waals surface area contributed by atoms with Crippen molar-refractivity contribution in [1.29, 1.82) is 0 Å². The molecular formula is C14H20BrN3O. The molecule has 4 nitrogen and oxygen atoms in total. The van der Waals surface area contributed by atoms with Gasteiger partial charge in [-0.3, -0.25) is 9.69 Å². The molecule has 0 saturated carbocycles. The van der Waals surface area contributed by atoms with E-state index >= 15 is 0 Å². The normalized spacial score (nSPS) is 22.1. The number of primary amides is 1. The summed E-state index contributed by atoms with van der Waals surface area (Å²) in [5.74, 6) is -0.280. The smallest absolute Gasteiger partial charge is 0.223 e. The second kappa shape index (κ2) is 6.50. The number of benzene rings is 1. The highest BCUT2D eigenvalue weighted by Gasteiger charge is 2.24. The lowest BCUT2D eigenvalue weighted by Gasteiger charge is -2.22. The Labute approximate surface area is 122 Å². The molecular weight excluding hydrogens is 306 g/mol. The van der Waals surface area contributed by atoms with E-state index in [0.29, 0.717) is 0 Å². The van der Waals surface area contributed by atoms with Gasteiger partial charge in [0.2, 0.25) is 5.91 Å². The minimum Gasteiger partial charge on any atom is -0.369 e. The molecule has 2 rings (SSSR count). The van der Waals surface area contributed by atoms with Gasteiger partial charge in [-0.2, -0.15) is 0 Å². The third-order valence-electron chi connectivity index (χ3n) is 3.53. The van der Waals surface area contributed by atoms with Crippen LogP contribution in [-0.4, -0.2) is 48.9 Å². The van der Waals surface area contributed by atoms with Crippen molar-refractivity contribution in [3.05, 3.63) is 34.3 Å². The maximum Gasteiger partial charge on any atom is 0.223 e. The Morgan fingerprint density at radius 2 is 2.00 bits per heavy atom. The Bertz CT molecular complexity index is 435. The number of halogens is 1. The third kappa shape index (κ3) is 4.30. The number of nitrogens with two attached hydrogens (primary N) is 1. The molecule has 19 heavy (non-hydrogen) atoms. The average Bonchev–Trinajstić information content (AvgIpc) is 2.55. The zero-order valence-corrected chi connectivity index (χ0v) is 12.8. The van der Waals surface area contributed by atoms with E-state index in [4.69, 9.17) is 5.73 Å². The van der Waals surface area contributed by atoms with Crippen molar-refractivity contribution in [3.63, 3.8) is 0 Å². The molecule has 1 aromatic carbocycles. The molecule has 2 N–H and O–H groups in total. The Kier molecular flexibility index (Phi) is 4.96. The highest BCUT2D eigenvalue weighted by molar-refractivity contribution is 9.10. The fourth-order valence-electron chi connectivity index (χ4n) is 2.41. The van der Waals surface area contributed by atoms with Crippen LogP contribution < -0.4 is 5.73 Å². The van der Waals surface area contributed by atoms with Crippen molar-refractivity contribution in [3.8, 4) is 0 Å². The molecule has 1 fully saturated rings. The number of hydrogen-bond donors (Lipinski definition) is 1. The van der Waals surface area contributed by atoms with E-state index in [9.17, 15) is 4.79 Å². The summed E-state index contributed by atoms with van der Waals surface area (Å²) in [5.41, 5.74) is 6.74. The number of carbonyl (C=O) groups is 1. The molecule has 0 radical (unpaired) electrons. The van der Waals surface area contributed by atoms with E-state index in [0.717, 1.165) is 37.2 Å². The number of amides is 1. The van der Waals surface area contributed by atoms with Crippen LogP contribution in [0.1, 0.15) is 5.56 Å². The first-order valence-corrected chi connectivity index (χ1v) is 7.28. The monoisotopic (exact) mass is 325 g/mol. The van der Waals surface area contributed by atoms with E-state index < -0.39 is 0 Å². The lowest BCUT2D eigenvalue weighted by atomic mass is 10.1. The van der Waals surface area contributed by atoms with Crippen molar-refractivity contribution < 1.29 is 4.79 Å². The van der Waals surface area contributed by atoms with Gasteiger partial charge in [0.15, 0.2) is 0 Å². The minimum absolute atomic E-state index is 0.0806. The Morgan fingerprint density at radius 3 is 2.63 bits per heavy atom. The van der Waals surface area contributed by atoms with Crippen LogP contribution >= 0.6 is 15.9 Å². The number of likely N-dealkylation sites (N-methyl/N-ethyl adjacent to an activating group) is 1. The lowest BCUT2D eigenvalue weighted by molar-refractivity contribution is -0.122. The molecule has 1 aromatic rings. The zero-order chi connectivity index (χ0) is 13.8. The minimum atomic E-state index is -0.199. The van der Waals surface area contributed by atoms with Crippen molar-refractivity contribution in [2.45, 2.75) is 6.54 Å². The van der Waals surface area contributed by atoms with Gasteiger partial charge in [-0.1, -0.05) is 28.1 Å². The molecule has 1 saturated heterocycles. The van der Waals surface area contributed by atoms with Gasteiger partial charge in [0, 0.05) is 37.2 Å². The summed E-state index contributed by atoms with van der Waals surface area (Å²) in [6.45, 7) is 4.31. The summed E-state index contributed by atoms with van der Waals surface area (Å²) < 4.78 is 1.09. The first kappa shape index (κ1) is 14.5. The number of nitrogens with zero attached hydrogens (tertiary/aromatic N) is 2. The molecule has 0 aliphatic carbocycles. The topological polar surface area (TPSA) is 49.6 Å². The molecule has 104 valence electrons. The summed E-state index contributed by atoms with van der Waals surface area (Å²) in [6, 6.07) is 8.31. The van der Waals surface area contributed by atoms with Crippen LogP contribution in [0.25, 0.3) is 0 Å². The van der Waals surface area contributed by atoms with E-state index in [-0.39, 0.29) is 11.8 Å². The van der Waals surface area contributed by atoms with Gasteiger partial charge in [-0.15, -0.1) is 0 Å². The van der Waals surface area contributed by atoms with Gasteiger partial charge >= 0.3 is 0 Å². The number of carbonyl (C=O) groups excluding carboxylic acids is 1. The van der Waals surface area contributed by atoms with Crippen LogP contribution in [-0.2, 0) is 11.3 Å². The molecule has 0 unspecified atom stereocenters. The zero-order valence-electron chi connectivity index (χ0n) is 11.2. The third-order valence-corrected chi connectivity index (χ3v) is 4.06. The summed E-state index contributed by atoms with van der Waals surface area (Å²) in [7, 11) is 2.04. The summed E-state index contributed by atoms with van der Waals surface area (Å²) in [4.78, 5) is 15.9. The summed E-state index contributed by atoms with van der Waals surface area (Å²) in [5, 5.41) is 0. The first-order valence-electron chi connectivity index (χ1n) is 6.49. The Morgan fingerprint density at radius 1 is 1.32 bits per heavy atom. The predicted octanol–water partition coefficient (Wildman–Crippen LogP) is 1.30. The maximum atomic E-state index is 11.5. The van der Waals surface area contributed by atoms with Crippen LogP contribution in [0.5, 0.6) is 0 Å². The second-order valence-electron chi connectivity index (χ2n) is 5.22. The maximum absolute atomic E-state index is 11.5. The molecule has 1 heterocycles. The van der Waals surface area contributed by atoms with Crippen molar-refractivity contribution in [1.82, 2.24) is 9.80 Å². The highest BCUT2D eigenvalue weighted by atomic mass is 79.9. The van der Waals surface area contributed by atoms with E-state index in [1.807, 2.05) is 19.2 Å². The second-order valence-corrected chi connectivity index (χ2v) is 6.14. The van der Waals surface area contributed by atoms with Crippen molar-refractivity contribution >= 4 is 21.8 Å². The number of rotatable bonds is 3. The largest absolute Gasteiger partial charge is 0.369 e. The lowest BCUT2D eigenvalue weighted by Crippen LogP contribution is -2.37. The number of hydrogen-bond acceptors (Lipinski definition) is 3. The first-order chi connectivity index (χ1) is 9.04. The van der Waals surface area contributed by atoms with Gasteiger partial charge in [-0.05, 0) is 24.7 Å². The van der Waals surface area contributed by atoms with Crippen LogP contribution in [0.3, 0.4) is 0 Å². The van der Waals surface area contributed by atoms with Gasteiger partial charge in [-0.25, -0.2) is 0 Å². The van der Waals surface area contributed by atoms with Crippen LogP contribution in [0.4, 0.5) is 0 Å². The fourth-order valence-corrected chi connectivity index (χ4v) is 2.68. The molecule has 0 spiro atoms. The van der Waals surface area contributed by atoms with Gasteiger partial charge in [0.25, 0.3) is 0 Å². The van der Waals surface area contributed by atoms with Gasteiger partial charge < -0.3 is 10.6 Å². The van der Waals surface area contributed by atoms with E-state index in [2.05, 4.69) is 37.9 Å². The molecule has 1 aliphatic rings. The average molecular weight is 326 g/mol. The van der Waals surface area contributed by atoms with Gasteiger partial charge in [0.05, 0.1) is 5.92 Å². The summed E-state index contributed by atoms with van der Waals surface area (Å²) >= 11 is 3.44. The molecule has 5 heteroatoms. The Balaban J connectivity index is 2.02. The van der Waals surface area contributed by atoms with Crippen molar-refractivity contribution in [2.24, 2.45) is 11.7 Å². The molecule has 0 aromatic heterocycles. The van der Waals surface area contributed by atoms with Crippen LogP contribution in [0.2, 0.25) is 0 Å². The Hall–Kier alpha value is -0.910.